The Hall–Kier alpha value is -0.120. The molecule has 0 spiro atoms. The molecule has 0 amide bonds. The Morgan fingerprint density at radius 3 is 2.78 bits per heavy atom. The van der Waals surface area contributed by atoms with E-state index in [9.17, 15) is 0 Å². The molecule has 0 aromatic rings. The fraction of sp³-hybridized carbons (Fsp3) is 1.00. The smallest absolute Gasteiger partial charge is 0.0737 e. The lowest BCUT2D eigenvalue weighted by atomic mass is 10.2. The Labute approximate surface area is 55.5 Å². The van der Waals surface area contributed by atoms with Crippen molar-refractivity contribution in [3.05, 3.63) is 0 Å². The Bertz CT molecular complexity index is 77.1. The molecule has 0 heterocycles. The molecule has 0 bridgehead atoms. The average molecular weight is 130 g/mol. The van der Waals surface area contributed by atoms with Crippen LogP contribution in [0.2, 0.25) is 0 Å². The summed E-state index contributed by atoms with van der Waals surface area (Å²) < 4.78 is 5.17. The Morgan fingerprint density at radius 2 is 2.33 bits per heavy atom. The van der Waals surface area contributed by atoms with Crippen molar-refractivity contribution < 1.29 is 4.74 Å². The van der Waals surface area contributed by atoms with Gasteiger partial charge in [0, 0.05) is 13.2 Å². The lowest BCUT2D eigenvalue weighted by Gasteiger charge is -2.15. The molecule has 0 aliphatic heterocycles. The lowest BCUT2D eigenvalue weighted by molar-refractivity contribution is 0.0854. The minimum absolute atomic E-state index is 0.343. The third-order valence-electron chi connectivity index (χ3n) is 1.97. The second kappa shape index (κ2) is 3.15. The molecular weight excluding hydrogens is 116 g/mol. The first kappa shape index (κ1) is 6.99. The maximum atomic E-state index is 5.27. The van der Waals surface area contributed by atoms with Crippen LogP contribution in [-0.2, 0) is 4.74 Å². The summed E-state index contributed by atoms with van der Waals surface area (Å²) in [5, 5.41) is 0. The van der Waals surface area contributed by atoms with Crippen LogP contribution in [0.3, 0.4) is 0 Å². The van der Waals surface area contributed by atoms with Gasteiger partial charge >= 0.3 is 0 Å². The predicted molar refractivity (Wildman–Crippen MR) is 35.8 cm³/mol. The standard InChI is InChI=1S/C6H14N2O/c1-9-6-4-2-3-5(6)8-7/h5-6,8H,2-4,7H2,1H3. The molecule has 0 saturated heterocycles. The highest BCUT2D eigenvalue weighted by Crippen LogP contribution is 2.20. The molecule has 3 nitrogen and oxygen atoms in total. The van der Waals surface area contributed by atoms with E-state index in [1.165, 1.54) is 6.42 Å². The van der Waals surface area contributed by atoms with Crippen molar-refractivity contribution in [2.45, 2.75) is 31.4 Å². The highest BCUT2D eigenvalue weighted by atomic mass is 16.5. The number of hydrazine groups is 1. The van der Waals surface area contributed by atoms with Crippen LogP contribution in [0.25, 0.3) is 0 Å². The van der Waals surface area contributed by atoms with E-state index < -0.39 is 0 Å². The normalized spacial score (nSPS) is 35.3. The van der Waals surface area contributed by atoms with E-state index in [-0.39, 0.29) is 0 Å². The van der Waals surface area contributed by atoms with Crippen LogP contribution in [0.4, 0.5) is 0 Å². The van der Waals surface area contributed by atoms with Crippen molar-refractivity contribution >= 4 is 0 Å². The van der Waals surface area contributed by atoms with Gasteiger partial charge in [-0.05, 0) is 19.3 Å². The number of nitrogens with two attached hydrogens (primary N) is 1. The summed E-state index contributed by atoms with van der Waals surface area (Å²) in [6.45, 7) is 0. The molecule has 3 N–H and O–H groups in total. The van der Waals surface area contributed by atoms with Crippen LogP contribution in [-0.4, -0.2) is 19.3 Å². The van der Waals surface area contributed by atoms with E-state index in [4.69, 9.17) is 10.6 Å². The van der Waals surface area contributed by atoms with E-state index in [1.807, 2.05) is 0 Å². The van der Waals surface area contributed by atoms with Gasteiger partial charge < -0.3 is 4.74 Å². The van der Waals surface area contributed by atoms with Crippen LogP contribution in [0.15, 0.2) is 0 Å². The van der Waals surface area contributed by atoms with Crippen molar-refractivity contribution in [2.24, 2.45) is 5.84 Å². The molecule has 1 rings (SSSR count). The third kappa shape index (κ3) is 1.41. The van der Waals surface area contributed by atoms with Gasteiger partial charge in [-0.15, -0.1) is 0 Å². The first-order valence-electron chi connectivity index (χ1n) is 3.37. The Balaban J connectivity index is 2.32. The highest BCUT2D eigenvalue weighted by Gasteiger charge is 2.25. The lowest BCUT2D eigenvalue weighted by Crippen LogP contribution is -2.41. The topological polar surface area (TPSA) is 47.3 Å². The molecule has 54 valence electrons. The zero-order chi connectivity index (χ0) is 6.69. The highest BCUT2D eigenvalue weighted by molar-refractivity contribution is 4.81. The fourth-order valence-corrected chi connectivity index (χ4v) is 1.40. The van der Waals surface area contributed by atoms with Gasteiger partial charge in [-0.3, -0.25) is 11.3 Å². The second-order valence-electron chi connectivity index (χ2n) is 2.48. The minimum atomic E-state index is 0.343. The summed E-state index contributed by atoms with van der Waals surface area (Å²) in [7, 11) is 1.74. The summed E-state index contributed by atoms with van der Waals surface area (Å²) >= 11 is 0. The molecule has 0 aromatic heterocycles. The molecule has 1 aliphatic rings. The minimum Gasteiger partial charge on any atom is -0.380 e. The molecule has 2 atom stereocenters. The van der Waals surface area contributed by atoms with Gasteiger partial charge in [0.15, 0.2) is 0 Å². The Kier molecular flexibility index (Phi) is 2.45. The van der Waals surface area contributed by atoms with Gasteiger partial charge in [0.25, 0.3) is 0 Å². The number of methoxy groups -OCH3 is 1. The van der Waals surface area contributed by atoms with Crippen molar-refractivity contribution in [3.63, 3.8) is 0 Å². The predicted octanol–water partition coefficient (Wildman–Crippen LogP) is 0.0172. The van der Waals surface area contributed by atoms with E-state index in [0.717, 1.165) is 12.8 Å². The summed E-state index contributed by atoms with van der Waals surface area (Å²) in [5.74, 6) is 5.27. The van der Waals surface area contributed by atoms with E-state index in [2.05, 4.69) is 5.43 Å². The van der Waals surface area contributed by atoms with Crippen molar-refractivity contribution in [1.82, 2.24) is 5.43 Å². The second-order valence-corrected chi connectivity index (χ2v) is 2.48. The van der Waals surface area contributed by atoms with Gasteiger partial charge in [0.2, 0.25) is 0 Å². The van der Waals surface area contributed by atoms with E-state index in [1.54, 1.807) is 7.11 Å². The first-order valence-corrected chi connectivity index (χ1v) is 3.37. The maximum Gasteiger partial charge on any atom is 0.0737 e. The summed E-state index contributed by atoms with van der Waals surface area (Å²) in [6, 6.07) is 0.384. The Morgan fingerprint density at radius 1 is 1.56 bits per heavy atom. The van der Waals surface area contributed by atoms with Crippen molar-refractivity contribution in [3.8, 4) is 0 Å². The maximum absolute atomic E-state index is 5.27. The van der Waals surface area contributed by atoms with E-state index in [0.29, 0.717) is 12.1 Å². The molecule has 2 unspecified atom stereocenters. The first-order chi connectivity index (χ1) is 4.38. The average Bonchev–Trinajstić information content (AvgIpc) is 2.33. The third-order valence-corrected chi connectivity index (χ3v) is 1.97. The number of hydrogen-bond donors (Lipinski definition) is 2. The molecular formula is C6H14N2O. The summed E-state index contributed by atoms with van der Waals surface area (Å²) in [4.78, 5) is 0. The molecule has 1 aliphatic carbocycles. The molecule has 9 heavy (non-hydrogen) atoms. The fourth-order valence-electron chi connectivity index (χ4n) is 1.40. The zero-order valence-electron chi connectivity index (χ0n) is 5.76. The molecule has 0 aromatic carbocycles. The van der Waals surface area contributed by atoms with Crippen LogP contribution in [0.5, 0.6) is 0 Å². The number of nitrogens with one attached hydrogen (secondary N) is 1. The molecule has 1 fully saturated rings. The van der Waals surface area contributed by atoms with Gasteiger partial charge in [-0.2, -0.15) is 0 Å². The SMILES string of the molecule is COC1CCCC1NN. The van der Waals surface area contributed by atoms with Crippen LogP contribution < -0.4 is 11.3 Å². The van der Waals surface area contributed by atoms with Gasteiger partial charge in [0.05, 0.1) is 6.10 Å². The molecule has 1 saturated carbocycles. The monoisotopic (exact) mass is 130 g/mol. The summed E-state index contributed by atoms with van der Waals surface area (Å²) in [5.41, 5.74) is 2.74. The number of rotatable bonds is 2. The van der Waals surface area contributed by atoms with Crippen LogP contribution in [0.1, 0.15) is 19.3 Å². The van der Waals surface area contributed by atoms with Gasteiger partial charge in [0.1, 0.15) is 0 Å². The number of hydrogen-bond acceptors (Lipinski definition) is 3. The van der Waals surface area contributed by atoms with Gasteiger partial charge in [-0.25, -0.2) is 0 Å². The summed E-state index contributed by atoms with van der Waals surface area (Å²) in [6.07, 6.45) is 3.86. The number of ether oxygens (including phenoxy) is 1. The van der Waals surface area contributed by atoms with Crippen molar-refractivity contribution in [1.29, 1.82) is 0 Å². The zero-order valence-corrected chi connectivity index (χ0v) is 5.76. The van der Waals surface area contributed by atoms with Crippen molar-refractivity contribution in [2.75, 3.05) is 7.11 Å². The quantitative estimate of drug-likeness (QED) is 0.409. The molecule has 0 radical (unpaired) electrons. The molecule has 3 heteroatoms. The van der Waals surface area contributed by atoms with Crippen LogP contribution in [0, 0.1) is 0 Å². The van der Waals surface area contributed by atoms with Crippen LogP contribution >= 0.6 is 0 Å². The largest absolute Gasteiger partial charge is 0.380 e. The van der Waals surface area contributed by atoms with E-state index >= 15 is 0 Å². The van der Waals surface area contributed by atoms with Gasteiger partial charge in [-0.1, -0.05) is 0 Å².